The Balaban J connectivity index is 1.45. The average molecular weight is 500 g/mol. The molecule has 0 radical (unpaired) electrons. The Labute approximate surface area is 210 Å². The van der Waals surface area contributed by atoms with Crippen molar-refractivity contribution in [3.8, 4) is 17.2 Å². The topological polar surface area (TPSA) is 73.4 Å². The van der Waals surface area contributed by atoms with Crippen LogP contribution >= 0.6 is 11.3 Å². The van der Waals surface area contributed by atoms with Gasteiger partial charge in [0.05, 0.1) is 36.6 Å². The van der Waals surface area contributed by atoms with E-state index < -0.39 is 0 Å². The average Bonchev–Trinajstić information content (AvgIpc) is 3.30. The molecular weight excluding hydrogens is 466 g/mol. The fourth-order valence-electron chi connectivity index (χ4n) is 3.89. The second-order valence-corrected chi connectivity index (χ2v) is 9.11. The van der Waals surface area contributed by atoms with Crippen molar-refractivity contribution in [2.24, 2.45) is 0 Å². The second-order valence-electron chi connectivity index (χ2n) is 8.11. The smallest absolute Gasteiger partial charge is 0.266 e. The van der Waals surface area contributed by atoms with E-state index in [0.29, 0.717) is 30.6 Å². The molecule has 1 aliphatic heterocycles. The van der Waals surface area contributed by atoms with Gasteiger partial charge in [0.2, 0.25) is 0 Å². The summed E-state index contributed by atoms with van der Waals surface area (Å²) in [6.07, 6.45) is 0.842. The van der Waals surface area contributed by atoms with E-state index in [0.717, 1.165) is 61.0 Å². The van der Waals surface area contributed by atoms with Gasteiger partial charge < -0.3 is 18.9 Å². The number of anilines is 1. The van der Waals surface area contributed by atoms with Crippen molar-refractivity contribution in [2.75, 3.05) is 64.1 Å². The van der Waals surface area contributed by atoms with Crippen molar-refractivity contribution in [1.82, 2.24) is 9.88 Å². The van der Waals surface area contributed by atoms with Gasteiger partial charge in [-0.2, -0.15) is 0 Å². The van der Waals surface area contributed by atoms with Gasteiger partial charge in [0.1, 0.15) is 17.2 Å². The molecule has 0 atom stereocenters. The lowest BCUT2D eigenvalue weighted by Crippen LogP contribution is -2.40. The first kappa shape index (κ1) is 25.2. The normalized spacial score (nSPS) is 14.1. The summed E-state index contributed by atoms with van der Waals surface area (Å²) in [4.78, 5) is 22.2. The zero-order valence-corrected chi connectivity index (χ0v) is 21.2. The van der Waals surface area contributed by atoms with Gasteiger partial charge in [0.25, 0.3) is 5.91 Å². The number of amides is 1. The van der Waals surface area contributed by atoms with Crippen LogP contribution in [0, 0.1) is 0 Å². The molecule has 8 nitrogen and oxygen atoms in total. The van der Waals surface area contributed by atoms with Crippen LogP contribution in [0.5, 0.6) is 17.2 Å². The van der Waals surface area contributed by atoms with Crippen molar-refractivity contribution >= 4 is 32.6 Å². The van der Waals surface area contributed by atoms with Gasteiger partial charge in [0.15, 0.2) is 11.7 Å². The van der Waals surface area contributed by atoms with E-state index >= 15 is 0 Å². The van der Waals surface area contributed by atoms with Gasteiger partial charge in [-0.1, -0.05) is 11.3 Å². The largest absolute Gasteiger partial charge is 0.494 e. The molecule has 1 amide bonds. The number of carbonyl (C=O) groups excluding carboxylic acids is 1. The number of carbonyl (C=O) groups is 1. The number of rotatable bonds is 12. The number of thiazole rings is 1. The molecule has 0 bridgehead atoms. The molecule has 0 spiro atoms. The minimum absolute atomic E-state index is 0.0638. The van der Waals surface area contributed by atoms with Gasteiger partial charge in [-0.25, -0.2) is 4.98 Å². The van der Waals surface area contributed by atoms with E-state index in [1.165, 1.54) is 11.3 Å². The Morgan fingerprint density at radius 1 is 1.00 bits per heavy atom. The number of nitrogens with zero attached hydrogens (tertiary/aromatic N) is 3. The summed E-state index contributed by atoms with van der Waals surface area (Å²) in [5, 5.41) is 0.677. The summed E-state index contributed by atoms with van der Waals surface area (Å²) in [6.45, 7) is 9.90. The molecule has 188 valence electrons. The Kier molecular flexibility index (Phi) is 9.16. The number of hydrogen-bond donors (Lipinski definition) is 0. The first-order valence-corrected chi connectivity index (χ1v) is 13.0. The number of morpholine rings is 1. The van der Waals surface area contributed by atoms with Crippen LogP contribution in [0.1, 0.15) is 20.3 Å². The minimum Gasteiger partial charge on any atom is -0.494 e. The number of aromatic nitrogens is 1. The van der Waals surface area contributed by atoms with Gasteiger partial charge in [0, 0.05) is 26.2 Å². The number of hydrogen-bond acceptors (Lipinski definition) is 8. The lowest BCUT2D eigenvalue weighted by Gasteiger charge is -2.27. The Morgan fingerprint density at radius 3 is 2.37 bits per heavy atom. The van der Waals surface area contributed by atoms with Gasteiger partial charge in [-0.15, -0.1) is 0 Å². The molecule has 1 fully saturated rings. The maximum Gasteiger partial charge on any atom is 0.266 e. The van der Waals surface area contributed by atoms with E-state index in [2.05, 4.69) is 4.90 Å². The molecule has 2 heterocycles. The van der Waals surface area contributed by atoms with Crippen molar-refractivity contribution in [1.29, 1.82) is 0 Å². The highest BCUT2D eigenvalue weighted by Crippen LogP contribution is 2.32. The first-order valence-electron chi connectivity index (χ1n) is 12.2. The predicted molar refractivity (Wildman–Crippen MR) is 138 cm³/mol. The summed E-state index contributed by atoms with van der Waals surface area (Å²) in [7, 11) is 0. The number of fused-ring (bicyclic) bond motifs is 1. The van der Waals surface area contributed by atoms with Crippen LogP contribution in [0.25, 0.3) is 10.2 Å². The van der Waals surface area contributed by atoms with Crippen LogP contribution in [0.4, 0.5) is 5.13 Å². The molecule has 35 heavy (non-hydrogen) atoms. The van der Waals surface area contributed by atoms with Crippen LogP contribution in [-0.4, -0.2) is 75.0 Å². The summed E-state index contributed by atoms with van der Waals surface area (Å²) in [5.74, 6) is 2.08. The third-order valence-corrected chi connectivity index (χ3v) is 6.69. The maximum absolute atomic E-state index is 13.3. The van der Waals surface area contributed by atoms with E-state index in [9.17, 15) is 4.79 Å². The highest BCUT2D eigenvalue weighted by Gasteiger charge is 2.21. The highest BCUT2D eigenvalue weighted by molar-refractivity contribution is 7.22. The molecule has 4 rings (SSSR count). The monoisotopic (exact) mass is 499 g/mol. The summed E-state index contributed by atoms with van der Waals surface area (Å²) in [6, 6.07) is 13.1. The maximum atomic E-state index is 13.3. The lowest BCUT2D eigenvalue weighted by molar-refractivity contribution is -0.120. The fraction of sp³-hybridized carbons (Fsp3) is 0.462. The summed E-state index contributed by atoms with van der Waals surface area (Å²) < 4.78 is 23.3. The lowest BCUT2D eigenvalue weighted by atomic mass is 10.3. The zero-order valence-electron chi connectivity index (χ0n) is 20.4. The predicted octanol–water partition coefficient (Wildman–Crippen LogP) is 4.23. The summed E-state index contributed by atoms with van der Waals surface area (Å²) in [5.41, 5.74) is 0.854. The molecule has 0 saturated carbocycles. The first-order chi connectivity index (χ1) is 17.2. The summed E-state index contributed by atoms with van der Waals surface area (Å²) >= 11 is 1.50. The van der Waals surface area contributed by atoms with Crippen molar-refractivity contribution in [3.05, 3.63) is 42.5 Å². The van der Waals surface area contributed by atoms with E-state index in [1.807, 2.05) is 56.3 Å². The van der Waals surface area contributed by atoms with Crippen LogP contribution in [0.2, 0.25) is 0 Å². The molecule has 3 aromatic rings. The van der Waals surface area contributed by atoms with Gasteiger partial charge in [-0.05, 0) is 62.7 Å². The molecule has 1 saturated heterocycles. The molecular formula is C26H33N3O5S. The van der Waals surface area contributed by atoms with Crippen LogP contribution in [0.15, 0.2) is 42.5 Å². The SMILES string of the molecule is CCOc1ccc(OCC(=O)N(CCCN2CCOCC2)c2nc3ccc(OCC)cc3s2)cc1. The molecule has 1 aromatic heterocycles. The number of benzene rings is 2. The standard InChI is InChI=1S/C26H33N3O5S/c1-3-32-20-6-8-21(9-7-20)34-19-25(30)29(13-5-12-28-14-16-31-17-15-28)26-27-23-11-10-22(33-4-2)18-24(23)35-26/h6-11,18H,3-5,12-17,19H2,1-2H3. The molecule has 0 unspecified atom stereocenters. The highest BCUT2D eigenvalue weighted by atomic mass is 32.1. The molecule has 0 N–H and O–H groups in total. The van der Waals surface area contributed by atoms with E-state index in [-0.39, 0.29) is 12.5 Å². The molecule has 0 aliphatic carbocycles. The van der Waals surface area contributed by atoms with Crippen molar-refractivity contribution < 1.29 is 23.7 Å². The van der Waals surface area contributed by atoms with Crippen LogP contribution in [0.3, 0.4) is 0 Å². The van der Waals surface area contributed by atoms with Crippen LogP contribution in [-0.2, 0) is 9.53 Å². The van der Waals surface area contributed by atoms with Gasteiger partial charge >= 0.3 is 0 Å². The quantitative estimate of drug-likeness (QED) is 0.369. The van der Waals surface area contributed by atoms with Crippen molar-refractivity contribution in [3.63, 3.8) is 0 Å². The molecule has 1 aliphatic rings. The minimum atomic E-state index is -0.120. The van der Waals surface area contributed by atoms with Crippen molar-refractivity contribution in [2.45, 2.75) is 20.3 Å². The molecule has 9 heteroatoms. The van der Waals surface area contributed by atoms with Gasteiger partial charge in [-0.3, -0.25) is 14.6 Å². The van der Waals surface area contributed by atoms with E-state index in [1.54, 1.807) is 4.90 Å². The Morgan fingerprint density at radius 2 is 1.66 bits per heavy atom. The van der Waals surface area contributed by atoms with Crippen LogP contribution < -0.4 is 19.1 Å². The molecule has 2 aromatic carbocycles. The van der Waals surface area contributed by atoms with E-state index in [4.69, 9.17) is 23.9 Å². The Hall–Kier alpha value is -2.88. The fourth-order valence-corrected chi connectivity index (χ4v) is 4.93. The Bertz CT molecular complexity index is 1080. The second kappa shape index (κ2) is 12.7. The third kappa shape index (κ3) is 7.06. The number of ether oxygens (including phenoxy) is 4. The third-order valence-electron chi connectivity index (χ3n) is 5.65. The zero-order chi connectivity index (χ0) is 24.5.